The lowest BCUT2D eigenvalue weighted by Crippen LogP contribution is -3.27. The second-order valence-corrected chi connectivity index (χ2v) is 8.56. The maximum absolute atomic E-state index is 12.1. The number of rotatable bonds is 4. The molecule has 0 spiro atoms. The van der Waals surface area contributed by atoms with Crippen LogP contribution in [0.25, 0.3) is 11.0 Å². The molecule has 3 heterocycles. The van der Waals surface area contributed by atoms with E-state index in [4.69, 9.17) is 13.9 Å². The van der Waals surface area contributed by atoms with Gasteiger partial charge in [-0.1, -0.05) is 0 Å². The van der Waals surface area contributed by atoms with Crippen molar-refractivity contribution in [2.24, 2.45) is 0 Å². The van der Waals surface area contributed by atoms with Crippen molar-refractivity contribution in [2.45, 2.75) is 26.9 Å². The van der Waals surface area contributed by atoms with Gasteiger partial charge in [-0.3, -0.25) is 0 Å². The van der Waals surface area contributed by atoms with Gasteiger partial charge in [0.25, 0.3) is 0 Å². The minimum Gasteiger partial charge on any atom is -0.454 e. The van der Waals surface area contributed by atoms with Crippen molar-refractivity contribution in [3.63, 3.8) is 0 Å². The van der Waals surface area contributed by atoms with Crippen LogP contribution in [-0.2, 0) is 13.1 Å². The lowest BCUT2D eigenvalue weighted by Gasteiger charge is -2.30. The van der Waals surface area contributed by atoms with Gasteiger partial charge in [-0.2, -0.15) is 0 Å². The molecule has 0 amide bonds. The highest BCUT2D eigenvalue weighted by Crippen LogP contribution is 2.32. The first kappa shape index (κ1) is 19.2. The van der Waals surface area contributed by atoms with Gasteiger partial charge in [-0.15, -0.1) is 0 Å². The van der Waals surface area contributed by atoms with E-state index < -0.39 is 0 Å². The zero-order chi connectivity index (χ0) is 20.7. The molecule has 2 aliphatic heterocycles. The summed E-state index contributed by atoms with van der Waals surface area (Å²) in [5.41, 5.74) is 5.20. The Labute approximate surface area is 175 Å². The van der Waals surface area contributed by atoms with E-state index in [2.05, 4.69) is 32.0 Å². The lowest BCUT2D eigenvalue weighted by molar-refractivity contribution is -1.02. The van der Waals surface area contributed by atoms with Crippen molar-refractivity contribution in [1.29, 1.82) is 0 Å². The van der Waals surface area contributed by atoms with Gasteiger partial charge in [0.1, 0.15) is 44.9 Å². The summed E-state index contributed by atoms with van der Waals surface area (Å²) in [6, 6.07) is 12.1. The van der Waals surface area contributed by atoms with Gasteiger partial charge < -0.3 is 23.7 Å². The lowest BCUT2D eigenvalue weighted by atomic mass is 10.0. The number of quaternary nitrogens is 2. The fourth-order valence-corrected chi connectivity index (χ4v) is 4.55. The van der Waals surface area contributed by atoms with Crippen molar-refractivity contribution in [3.05, 3.63) is 69.1 Å². The Morgan fingerprint density at radius 1 is 0.833 bits per heavy atom. The molecule has 3 aromatic rings. The van der Waals surface area contributed by atoms with E-state index in [1.807, 2.05) is 12.1 Å². The molecule has 0 saturated carbocycles. The van der Waals surface area contributed by atoms with E-state index in [1.54, 1.807) is 11.0 Å². The van der Waals surface area contributed by atoms with Crippen LogP contribution in [0.2, 0.25) is 0 Å². The Balaban J connectivity index is 1.25. The number of benzene rings is 2. The number of hydrogen-bond donors (Lipinski definition) is 2. The first-order valence-corrected chi connectivity index (χ1v) is 10.6. The summed E-state index contributed by atoms with van der Waals surface area (Å²) in [4.78, 5) is 15.2. The number of fused-ring (bicyclic) bond motifs is 2. The molecule has 6 heteroatoms. The molecule has 2 aliphatic rings. The minimum absolute atomic E-state index is 0.257. The third kappa shape index (κ3) is 3.80. The van der Waals surface area contributed by atoms with E-state index in [1.165, 1.54) is 16.0 Å². The normalized spacial score (nSPS) is 20.6. The maximum Gasteiger partial charge on any atom is 0.336 e. The molecule has 6 nitrogen and oxygen atoms in total. The molecule has 0 radical (unpaired) electrons. The Morgan fingerprint density at radius 2 is 1.53 bits per heavy atom. The number of piperazine rings is 1. The predicted molar refractivity (Wildman–Crippen MR) is 113 cm³/mol. The second-order valence-electron chi connectivity index (χ2n) is 8.56. The van der Waals surface area contributed by atoms with Crippen molar-refractivity contribution < 1.29 is 23.7 Å². The van der Waals surface area contributed by atoms with E-state index in [9.17, 15) is 4.79 Å². The summed E-state index contributed by atoms with van der Waals surface area (Å²) in [7, 11) is 0. The van der Waals surface area contributed by atoms with Crippen LogP contribution in [0.1, 0.15) is 22.3 Å². The molecule has 0 bridgehead atoms. The Morgan fingerprint density at radius 3 is 2.33 bits per heavy atom. The molecule has 5 rings (SSSR count). The smallest absolute Gasteiger partial charge is 0.336 e. The fourth-order valence-electron chi connectivity index (χ4n) is 4.55. The zero-order valence-electron chi connectivity index (χ0n) is 17.5. The van der Waals surface area contributed by atoms with Crippen LogP contribution in [0.4, 0.5) is 0 Å². The average Bonchev–Trinajstić information content (AvgIpc) is 3.19. The summed E-state index contributed by atoms with van der Waals surface area (Å²) in [6.07, 6.45) is 0. The van der Waals surface area contributed by atoms with Gasteiger partial charge in [0, 0.05) is 22.6 Å². The average molecular weight is 408 g/mol. The third-order valence-electron chi connectivity index (χ3n) is 6.44. The van der Waals surface area contributed by atoms with Crippen LogP contribution < -0.4 is 24.9 Å². The van der Waals surface area contributed by atoms with Crippen LogP contribution in [0.15, 0.2) is 45.6 Å². The number of ether oxygens (including phenoxy) is 2. The standard InChI is InChI=1S/C24H26N2O4/c1-16-9-20-19(12-24(27)30-22(20)10-17(16)2)14-26-7-5-25(6-8-26)13-18-3-4-21-23(11-18)29-15-28-21/h3-4,9-12H,5-8,13-15H2,1-2H3/p+2. The van der Waals surface area contributed by atoms with Crippen molar-refractivity contribution in [3.8, 4) is 11.5 Å². The summed E-state index contributed by atoms with van der Waals surface area (Å²) in [5.74, 6) is 1.70. The van der Waals surface area contributed by atoms with Gasteiger partial charge in [-0.05, 0) is 55.3 Å². The van der Waals surface area contributed by atoms with Crippen LogP contribution in [0, 0.1) is 13.8 Å². The first-order chi connectivity index (χ1) is 14.5. The number of hydrogen-bond acceptors (Lipinski definition) is 4. The fraction of sp³-hybridized carbons (Fsp3) is 0.375. The van der Waals surface area contributed by atoms with Crippen LogP contribution in [0.3, 0.4) is 0 Å². The molecule has 1 fully saturated rings. The Bertz CT molecular complexity index is 1150. The van der Waals surface area contributed by atoms with Crippen LogP contribution >= 0.6 is 0 Å². The number of aryl methyl sites for hydroxylation is 2. The molecule has 30 heavy (non-hydrogen) atoms. The zero-order valence-corrected chi connectivity index (χ0v) is 17.5. The van der Waals surface area contributed by atoms with E-state index in [0.29, 0.717) is 12.4 Å². The Hall–Kier alpha value is -2.83. The molecule has 2 N–H and O–H groups in total. The van der Waals surface area contributed by atoms with Crippen molar-refractivity contribution in [1.82, 2.24) is 0 Å². The molecule has 156 valence electrons. The highest BCUT2D eigenvalue weighted by atomic mass is 16.7. The highest BCUT2D eigenvalue weighted by molar-refractivity contribution is 5.81. The molecular formula is C24H28N2O4+2. The summed E-state index contributed by atoms with van der Waals surface area (Å²) in [6.45, 7) is 10.7. The summed E-state index contributed by atoms with van der Waals surface area (Å²) in [5, 5.41) is 1.07. The number of nitrogens with one attached hydrogen (secondary N) is 2. The second kappa shape index (κ2) is 7.78. The molecule has 1 saturated heterocycles. The third-order valence-corrected chi connectivity index (χ3v) is 6.44. The van der Waals surface area contributed by atoms with Crippen molar-refractivity contribution >= 4 is 11.0 Å². The van der Waals surface area contributed by atoms with E-state index >= 15 is 0 Å². The maximum atomic E-state index is 12.1. The predicted octanol–water partition coefficient (Wildman–Crippen LogP) is 0.622. The molecule has 0 aliphatic carbocycles. The van der Waals surface area contributed by atoms with Gasteiger partial charge in [-0.25, -0.2) is 4.79 Å². The minimum atomic E-state index is -0.257. The highest BCUT2D eigenvalue weighted by Gasteiger charge is 2.25. The monoisotopic (exact) mass is 408 g/mol. The molecular weight excluding hydrogens is 380 g/mol. The van der Waals surface area contributed by atoms with E-state index in [0.717, 1.165) is 67.3 Å². The van der Waals surface area contributed by atoms with Crippen LogP contribution in [-0.4, -0.2) is 33.0 Å². The molecule has 1 aromatic heterocycles. The molecule has 2 aromatic carbocycles. The summed E-state index contributed by atoms with van der Waals surface area (Å²) >= 11 is 0. The molecule has 0 unspecified atom stereocenters. The van der Waals surface area contributed by atoms with E-state index in [-0.39, 0.29) is 5.63 Å². The van der Waals surface area contributed by atoms with Crippen molar-refractivity contribution in [2.75, 3.05) is 33.0 Å². The SMILES string of the molecule is Cc1cc2oc(=O)cc(C[NH+]3CC[NH+](Cc4ccc5c(c4)OCO5)CC3)c2cc1C. The largest absolute Gasteiger partial charge is 0.454 e. The molecule has 0 atom stereocenters. The first-order valence-electron chi connectivity index (χ1n) is 10.6. The Kier molecular flexibility index (Phi) is 4.97. The topological polar surface area (TPSA) is 57.5 Å². The van der Waals surface area contributed by atoms with Crippen LogP contribution in [0.5, 0.6) is 11.5 Å². The van der Waals surface area contributed by atoms with Gasteiger partial charge in [0.05, 0.1) is 0 Å². The van der Waals surface area contributed by atoms with Gasteiger partial charge in [0.2, 0.25) is 6.79 Å². The van der Waals surface area contributed by atoms with Gasteiger partial charge >= 0.3 is 5.63 Å². The quantitative estimate of drug-likeness (QED) is 0.622. The van der Waals surface area contributed by atoms with Gasteiger partial charge in [0.15, 0.2) is 11.5 Å². The summed E-state index contributed by atoms with van der Waals surface area (Å²) < 4.78 is 16.4.